The van der Waals surface area contributed by atoms with Gasteiger partial charge in [0, 0.05) is 0 Å². The second-order valence-electron chi connectivity index (χ2n) is 1.78. The molecule has 2 nitrogen and oxygen atoms in total. The molecule has 1 aromatic heterocycles. The van der Waals surface area contributed by atoms with E-state index in [9.17, 15) is 4.39 Å². The zero-order valence-corrected chi connectivity index (χ0v) is 7.59. The van der Waals surface area contributed by atoms with Crippen molar-refractivity contribution in [1.82, 2.24) is 9.97 Å². The van der Waals surface area contributed by atoms with Crippen LogP contribution in [0, 0.1) is 9.52 Å². The highest BCUT2D eigenvalue weighted by atomic mass is 127. The molecule has 4 heteroatoms. The van der Waals surface area contributed by atoms with E-state index in [0.717, 1.165) is 0 Å². The van der Waals surface area contributed by atoms with Crippen molar-refractivity contribution in [3.8, 4) is 0 Å². The number of rotatable bonds is 1. The zero-order chi connectivity index (χ0) is 7.56. The highest BCUT2D eigenvalue weighted by molar-refractivity contribution is 14.1. The molecule has 0 saturated carbocycles. The molecule has 1 rings (SSSR count). The SMILES string of the molecule is CCc1ncnc(I)c1F. The van der Waals surface area contributed by atoms with Gasteiger partial charge in [-0.25, -0.2) is 14.4 Å². The minimum absolute atomic E-state index is 0.286. The Labute approximate surface area is 72.0 Å². The Kier molecular flexibility index (Phi) is 2.53. The Morgan fingerprint density at radius 3 is 2.80 bits per heavy atom. The van der Waals surface area contributed by atoms with E-state index in [1.54, 1.807) is 0 Å². The van der Waals surface area contributed by atoms with Crippen LogP contribution in [-0.4, -0.2) is 9.97 Å². The van der Waals surface area contributed by atoms with E-state index in [-0.39, 0.29) is 5.82 Å². The van der Waals surface area contributed by atoms with Crippen molar-refractivity contribution in [3.05, 3.63) is 21.5 Å². The Bertz CT molecular complexity index is 239. The van der Waals surface area contributed by atoms with Gasteiger partial charge in [-0.05, 0) is 29.0 Å². The molecular weight excluding hydrogens is 246 g/mol. The van der Waals surface area contributed by atoms with Crippen LogP contribution in [0.5, 0.6) is 0 Å². The lowest BCUT2D eigenvalue weighted by atomic mass is 10.3. The van der Waals surface area contributed by atoms with Crippen LogP contribution in [0.3, 0.4) is 0 Å². The van der Waals surface area contributed by atoms with Gasteiger partial charge in [0.15, 0.2) is 5.82 Å². The summed E-state index contributed by atoms with van der Waals surface area (Å²) in [5.74, 6) is -0.286. The van der Waals surface area contributed by atoms with Crippen LogP contribution in [0.2, 0.25) is 0 Å². The van der Waals surface area contributed by atoms with Gasteiger partial charge in [-0.1, -0.05) is 6.92 Å². The van der Waals surface area contributed by atoms with Crippen molar-refractivity contribution in [2.24, 2.45) is 0 Å². The molecule has 0 radical (unpaired) electrons. The fourth-order valence-corrected chi connectivity index (χ4v) is 1.06. The molecular formula is C6H6FIN2. The lowest BCUT2D eigenvalue weighted by Crippen LogP contribution is -1.97. The molecule has 0 saturated heterocycles. The lowest BCUT2D eigenvalue weighted by molar-refractivity contribution is 0.583. The third kappa shape index (κ3) is 1.42. The first kappa shape index (κ1) is 7.84. The molecule has 0 aliphatic rings. The van der Waals surface area contributed by atoms with Crippen LogP contribution < -0.4 is 0 Å². The van der Waals surface area contributed by atoms with Gasteiger partial charge in [0.25, 0.3) is 0 Å². The van der Waals surface area contributed by atoms with Crippen molar-refractivity contribution in [2.75, 3.05) is 0 Å². The van der Waals surface area contributed by atoms with Gasteiger partial charge in [0.05, 0.1) is 5.69 Å². The predicted octanol–water partition coefficient (Wildman–Crippen LogP) is 1.78. The van der Waals surface area contributed by atoms with Gasteiger partial charge < -0.3 is 0 Å². The molecule has 0 atom stereocenters. The first-order chi connectivity index (χ1) is 4.75. The van der Waals surface area contributed by atoms with Gasteiger partial charge in [-0.15, -0.1) is 0 Å². The van der Waals surface area contributed by atoms with Crippen LogP contribution in [0.1, 0.15) is 12.6 Å². The number of nitrogens with zero attached hydrogens (tertiary/aromatic N) is 2. The van der Waals surface area contributed by atoms with Crippen LogP contribution in [0.4, 0.5) is 4.39 Å². The van der Waals surface area contributed by atoms with Crippen LogP contribution in [-0.2, 0) is 6.42 Å². The van der Waals surface area contributed by atoms with Crippen molar-refractivity contribution in [3.63, 3.8) is 0 Å². The summed E-state index contributed by atoms with van der Waals surface area (Å²) in [6.45, 7) is 1.86. The van der Waals surface area contributed by atoms with E-state index < -0.39 is 0 Å². The Morgan fingerprint density at radius 1 is 1.60 bits per heavy atom. The molecule has 0 bridgehead atoms. The minimum atomic E-state index is -0.286. The molecule has 10 heavy (non-hydrogen) atoms. The average Bonchev–Trinajstić information content (AvgIpc) is 1.95. The monoisotopic (exact) mass is 252 g/mol. The van der Waals surface area contributed by atoms with Gasteiger partial charge in [-0.3, -0.25) is 0 Å². The Balaban J connectivity index is 3.14. The topological polar surface area (TPSA) is 25.8 Å². The largest absolute Gasteiger partial charge is 0.238 e. The minimum Gasteiger partial charge on any atom is -0.238 e. The summed E-state index contributed by atoms with van der Waals surface area (Å²) in [7, 11) is 0. The molecule has 0 aliphatic heterocycles. The molecule has 0 N–H and O–H groups in total. The van der Waals surface area contributed by atoms with E-state index in [0.29, 0.717) is 15.8 Å². The summed E-state index contributed by atoms with van der Waals surface area (Å²) in [5, 5.41) is 0. The second-order valence-corrected chi connectivity index (χ2v) is 2.80. The van der Waals surface area contributed by atoms with Gasteiger partial charge in [-0.2, -0.15) is 0 Å². The quantitative estimate of drug-likeness (QED) is 0.562. The second kappa shape index (κ2) is 3.23. The smallest absolute Gasteiger partial charge is 0.176 e. The van der Waals surface area contributed by atoms with Crippen molar-refractivity contribution < 1.29 is 4.39 Å². The fraction of sp³-hybridized carbons (Fsp3) is 0.333. The third-order valence-corrected chi connectivity index (χ3v) is 1.91. The molecule has 0 amide bonds. The molecule has 1 heterocycles. The number of hydrogen-bond donors (Lipinski definition) is 0. The zero-order valence-electron chi connectivity index (χ0n) is 5.43. The molecule has 0 spiro atoms. The number of aromatic nitrogens is 2. The van der Waals surface area contributed by atoms with Crippen molar-refractivity contribution in [1.29, 1.82) is 0 Å². The normalized spacial score (nSPS) is 9.90. The Morgan fingerprint density at radius 2 is 2.30 bits per heavy atom. The van der Waals surface area contributed by atoms with Crippen LogP contribution in [0.15, 0.2) is 6.33 Å². The van der Waals surface area contributed by atoms with Crippen LogP contribution in [0.25, 0.3) is 0 Å². The number of aryl methyl sites for hydroxylation is 1. The van der Waals surface area contributed by atoms with E-state index in [2.05, 4.69) is 9.97 Å². The van der Waals surface area contributed by atoms with Gasteiger partial charge >= 0.3 is 0 Å². The predicted molar refractivity (Wildman–Crippen MR) is 44.1 cm³/mol. The summed E-state index contributed by atoms with van der Waals surface area (Å²) >= 11 is 1.85. The van der Waals surface area contributed by atoms with Crippen LogP contribution >= 0.6 is 22.6 Å². The van der Waals surface area contributed by atoms with E-state index in [4.69, 9.17) is 0 Å². The first-order valence-corrected chi connectivity index (χ1v) is 3.98. The van der Waals surface area contributed by atoms with Crippen molar-refractivity contribution >= 4 is 22.6 Å². The maximum atomic E-state index is 12.9. The van der Waals surface area contributed by atoms with E-state index in [1.165, 1.54) is 6.33 Å². The van der Waals surface area contributed by atoms with Gasteiger partial charge in [0.2, 0.25) is 0 Å². The molecule has 1 aromatic rings. The third-order valence-electron chi connectivity index (χ3n) is 1.15. The van der Waals surface area contributed by atoms with E-state index >= 15 is 0 Å². The molecule has 0 aromatic carbocycles. The molecule has 0 unspecified atom stereocenters. The van der Waals surface area contributed by atoms with Gasteiger partial charge in [0.1, 0.15) is 10.0 Å². The summed E-state index contributed by atoms with van der Waals surface area (Å²) in [5.41, 5.74) is 0.486. The summed E-state index contributed by atoms with van der Waals surface area (Å²) in [6.07, 6.45) is 1.99. The standard InChI is InChI=1S/C6H6FIN2/c1-2-4-5(7)6(8)10-3-9-4/h3H,2H2,1H3. The summed E-state index contributed by atoms with van der Waals surface area (Å²) < 4.78 is 13.3. The first-order valence-electron chi connectivity index (χ1n) is 2.90. The molecule has 54 valence electrons. The van der Waals surface area contributed by atoms with Crippen molar-refractivity contribution in [2.45, 2.75) is 13.3 Å². The lowest BCUT2D eigenvalue weighted by Gasteiger charge is -1.96. The Hall–Kier alpha value is -0.260. The number of hydrogen-bond acceptors (Lipinski definition) is 2. The molecule has 0 fully saturated rings. The maximum Gasteiger partial charge on any atom is 0.176 e. The maximum absolute atomic E-state index is 12.9. The highest BCUT2D eigenvalue weighted by Crippen LogP contribution is 2.09. The molecule has 0 aliphatic carbocycles. The summed E-state index contributed by atoms with van der Waals surface area (Å²) in [6, 6.07) is 0. The van der Waals surface area contributed by atoms with E-state index in [1.807, 2.05) is 29.5 Å². The average molecular weight is 252 g/mol. The summed E-state index contributed by atoms with van der Waals surface area (Å²) in [4.78, 5) is 7.45. The highest BCUT2D eigenvalue weighted by Gasteiger charge is 2.04. The fourth-order valence-electron chi connectivity index (χ4n) is 0.628. The number of halogens is 2.